The SMILES string of the molecule is O=C(CCC(=O)c1ccc2ccccc2c1)NCc1cccc(Cl)c1. The van der Waals surface area contributed by atoms with Crippen molar-refractivity contribution in [1.82, 2.24) is 5.32 Å². The van der Waals surface area contributed by atoms with Crippen LogP contribution in [0.2, 0.25) is 5.02 Å². The number of fused-ring (bicyclic) bond motifs is 1. The lowest BCUT2D eigenvalue weighted by Gasteiger charge is -2.06. The number of ketones is 1. The average molecular weight is 352 g/mol. The summed E-state index contributed by atoms with van der Waals surface area (Å²) in [5, 5.41) is 5.57. The van der Waals surface area contributed by atoms with Crippen molar-refractivity contribution in [1.29, 1.82) is 0 Å². The van der Waals surface area contributed by atoms with E-state index in [0.29, 0.717) is 17.1 Å². The average Bonchev–Trinajstić information content (AvgIpc) is 2.64. The number of amides is 1. The molecule has 0 fully saturated rings. The normalized spacial score (nSPS) is 10.6. The Morgan fingerprint density at radius 3 is 2.44 bits per heavy atom. The largest absolute Gasteiger partial charge is 0.352 e. The van der Waals surface area contributed by atoms with Crippen LogP contribution in [0, 0.1) is 0 Å². The quantitative estimate of drug-likeness (QED) is 0.650. The Kier molecular flexibility index (Phi) is 5.46. The van der Waals surface area contributed by atoms with Gasteiger partial charge in [0.05, 0.1) is 0 Å². The lowest BCUT2D eigenvalue weighted by Crippen LogP contribution is -2.23. The fourth-order valence-corrected chi connectivity index (χ4v) is 2.88. The van der Waals surface area contributed by atoms with Gasteiger partial charge in [0.2, 0.25) is 5.91 Å². The van der Waals surface area contributed by atoms with Gasteiger partial charge >= 0.3 is 0 Å². The number of nitrogens with one attached hydrogen (secondary N) is 1. The number of benzene rings is 3. The molecule has 126 valence electrons. The van der Waals surface area contributed by atoms with Crippen molar-refractivity contribution in [2.45, 2.75) is 19.4 Å². The number of hydrogen-bond donors (Lipinski definition) is 1. The maximum atomic E-state index is 12.3. The molecule has 3 aromatic rings. The summed E-state index contributed by atoms with van der Waals surface area (Å²) in [4.78, 5) is 24.3. The number of hydrogen-bond acceptors (Lipinski definition) is 2. The third-order valence-corrected chi connectivity index (χ3v) is 4.26. The molecule has 0 aliphatic heterocycles. The second kappa shape index (κ2) is 7.95. The smallest absolute Gasteiger partial charge is 0.220 e. The van der Waals surface area contributed by atoms with Gasteiger partial charge in [0, 0.05) is 30.0 Å². The van der Waals surface area contributed by atoms with Gasteiger partial charge in [-0.05, 0) is 34.5 Å². The van der Waals surface area contributed by atoms with E-state index in [1.807, 2.05) is 60.7 Å². The molecule has 0 aliphatic carbocycles. The molecule has 1 N–H and O–H groups in total. The minimum absolute atomic E-state index is 0.0244. The van der Waals surface area contributed by atoms with E-state index in [2.05, 4.69) is 5.32 Å². The Bertz CT molecular complexity index is 920. The van der Waals surface area contributed by atoms with Gasteiger partial charge in [-0.1, -0.05) is 60.1 Å². The van der Waals surface area contributed by atoms with Crippen LogP contribution in [-0.4, -0.2) is 11.7 Å². The maximum absolute atomic E-state index is 12.3. The van der Waals surface area contributed by atoms with E-state index >= 15 is 0 Å². The summed E-state index contributed by atoms with van der Waals surface area (Å²) in [6.07, 6.45) is 0.367. The second-order valence-electron chi connectivity index (χ2n) is 5.89. The zero-order valence-corrected chi connectivity index (χ0v) is 14.4. The molecule has 0 unspecified atom stereocenters. The number of rotatable bonds is 6. The van der Waals surface area contributed by atoms with Crippen molar-refractivity contribution in [3.05, 3.63) is 82.9 Å². The third-order valence-electron chi connectivity index (χ3n) is 4.03. The highest BCUT2D eigenvalue weighted by Crippen LogP contribution is 2.17. The molecule has 0 atom stereocenters. The molecule has 0 radical (unpaired) electrons. The highest BCUT2D eigenvalue weighted by atomic mass is 35.5. The van der Waals surface area contributed by atoms with Gasteiger partial charge in [-0.25, -0.2) is 0 Å². The van der Waals surface area contributed by atoms with Crippen LogP contribution in [0.25, 0.3) is 10.8 Å². The predicted octanol–water partition coefficient (Wildman–Crippen LogP) is 4.77. The van der Waals surface area contributed by atoms with Crippen LogP contribution < -0.4 is 5.32 Å². The first-order valence-corrected chi connectivity index (χ1v) is 8.53. The molecule has 0 heterocycles. The molecule has 25 heavy (non-hydrogen) atoms. The number of carbonyl (C=O) groups excluding carboxylic acids is 2. The lowest BCUT2D eigenvalue weighted by atomic mass is 10.0. The summed E-state index contributed by atoms with van der Waals surface area (Å²) in [5.74, 6) is -0.169. The first kappa shape index (κ1) is 17.2. The topological polar surface area (TPSA) is 46.2 Å². The van der Waals surface area contributed by atoms with Gasteiger partial charge in [0.25, 0.3) is 0 Å². The second-order valence-corrected chi connectivity index (χ2v) is 6.33. The van der Waals surface area contributed by atoms with Crippen molar-refractivity contribution >= 4 is 34.1 Å². The Balaban J connectivity index is 1.53. The standard InChI is InChI=1S/C21H18ClNO2/c22-19-7-3-4-15(12-19)14-23-21(25)11-10-20(24)18-9-8-16-5-1-2-6-17(16)13-18/h1-9,12-13H,10-11,14H2,(H,23,25). The van der Waals surface area contributed by atoms with Gasteiger partial charge < -0.3 is 5.32 Å². The summed E-state index contributed by atoms with van der Waals surface area (Å²) in [5.41, 5.74) is 1.57. The van der Waals surface area contributed by atoms with Crippen LogP contribution in [0.4, 0.5) is 0 Å². The molecular weight excluding hydrogens is 334 g/mol. The van der Waals surface area contributed by atoms with Gasteiger partial charge in [-0.2, -0.15) is 0 Å². The van der Waals surface area contributed by atoms with Crippen LogP contribution >= 0.6 is 11.6 Å². The van der Waals surface area contributed by atoms with Gasteiger partial charge in [0.1, 0.15) is 0 Å². The summed E-state index contributed by atoms with van der Waals surface area (Å²) < 4.78 is 0. The summed E-state index contributed by atoms with van der Waals surface area (Å²) in [6, 6.07) is 20.8. The monoisotopic (exact) mass is 351 g/mol. The van der Waals surface area contributed by atoms with E-state index in [4.69, 9.17) is 11.6 Å². The molecule has 0 saturated carbocycles. The molecule has 1 amide bonds. The fraction of sp³-hybridized carbons (Fsp3) is 0.143. The van der Waals surface area contributed by atoms with Crippen molar-refractivity contribution < 1.29 is 9.59 Å². The Morgan fingerprint density at radius 2 is 1.64 bits per heavy atom. The third kappa shape index (κ3) is 4.68. The minimum Gasteiger partial charge on any atom is -0.352 e. The first-order valence-electron chi connectivity index (χ1n) is 8.15. The predicted molar refractivity (Wildman–Crippen MR) is 101 cm³/mol. The van der Waals surface area contributed by atoms with Crippen molar-refractivity contribution in [3.63, 3.8) is 0 Å². The van der Waals surface area contributed by atoms with Gasteiger partial charge in [-0.15, -0.1) is 0 Å². The molecule has 3 nitrogen and oxygen atoms in total. The van der Waals surface area contributed by atoms with E-state index in [-0.39, 0.29) is 24.5 Å². The Labute approximate surface area is 151 Å². The van der Waals surface area contributed by atoms with Crippen LogP contribution in [-0.2, 0) is 11.3 Å². The van der Waals surface area contributed by atoms with Crippen LogP contribution in [0.1, 0.15) is 28.8 Å². The molecular formula is C21H18ClNO2. The van der Waals surface area contributed by atoms with E-state index in [9.17, 15) is 9.59 Å². The summed E-state index contributed by atoms with van der Waals surface area (Å²) >= 11 is 5.91. The molecule has 0 aromatic heterocycles. The number of Topliss-reactive ketones (excluding diaryl/α,β-unsaturated/α-hetero) is 1. The van der Waals surface area contributed by atoms with Gasteiger partial charge in [0.15, 0.2) is 5.78 Å². The molecule has 4 heteroatoms. The number of carbonyl (C=O) groups is 2. The van der Waals surface area contributed by atoms with Crippen LogP contribution in [0.15, 0.2) is 66.7 Å². The molecule has 0 bridgehead atoms. The zero-order valence-electron chi connectivity index (χ0n) is 13.7. The highest BCUT2D eigenvalue weighted by Gasteiger charge is 2.10. The van der Waals surface area contributed by atoms with E-state index < -0.39 is 0 Å². The van der Waals surface area contributed by atoms with Crippen molar-refractivity contribution in [2.75, 3.05) is 0 Å². The van der Waals surface area contributed by atoms with E-state index in [1.165, 1.54) is 0 Å². The molecule has 3 aromatic carbocycles. The van der Waals surface area contributed by atoms with E-state index in [1.54, 1.807) is 6.07 Å². The minimum atomic E-state index is -0.144. The van der Waals surface area contributed by atoms with Crippen molar-refractivity contribution in [2.24, 2.45) is 0 Å². The maximum Gasteiger partial charge on any atom is 0.220 e. The van der Waals surface area contributed by atoms with Gasteiger partial charge in [-0.3, -0.25) is 9.59 Å². The highest BCUT2D eigenvalue weighted by molar-refractivity contribution is 6.30. The zero-order chi connectivity index (χ0) is 17.6. The lowest BCUT2D eigenvalue weighted by molar-refractivity contribution is -0.121. The van der Waals surface area contributed by atoms with Crippen LogP contribution in [0.3, 0.4) is 0 Å². The summed E-state index contributed by atoms with van der Waals surface area (Å²) in [6.45, 7) is 0.406. The van der Waals surface area contributed by atoms with Crippen molar-refractivity contribution in [3.8, 4) is 0 Å². The Hall–Kier alpha value is -2.65. The van der Waals surface area contributed by atoms with E-state index in [0.717, 1.165) is 16.3 Å². The molecule has 3 rings (SSSR count). The number of halogens is 1. The molecule has 0 saturated heterocycles. The molecule has 0 aliphatic rings. The fourth-order valence-electron chi connectivity index (χ4n) is 2.67. The molecule has 0 spiro atoms. The Morgan fingerprint density at radius 1 is 0.840 bits per heavy atom. The van der Waals surface area contributed by atoms with Crippen LogP contribution in [0.5, 0.6) is 0 Å². The first-order chi connectivity index (χ1) is 12.1. The summed E-state index contributed by atoms with van der Waals surface area (Å²) in [7, 11) is 0.